The maximum Gasteiger partial charge on any atom is 0.352 e. The lowest BCUT2D eigenvalue weighted by molar-refractivity contribution is -0.151. The molecule has 192 valence electrons. The topological polar surface area (TPSA) is 179 Å². The highest BCUT2D eigenvalue weighted by Gasteiger charge is 2.54. The first-order valence-electron chi connectivity index (χ1n) is 11.0. The average molecular weight is 520 g/mol. The molecule has 2 heterocycles. The maximum atomic E-state index is 12.6. The second-order valence-electron chi connectivity index (χ2n) is 8.12. The Labute approximate surface area is 210 Å². The van der Waals surface area contributed by atoms with Crippen LogP contribution in [0, 0.1) is 0 Å². The van der Waals surface area contributed by atoms with Gasteiger partial charge in [-0.2, -0.15) is 0 Å². The van der Waals surface area contributed by atoms with Gasteiger partial charge in [0.05, 0.1) is 0 Å². The van der Waals surface area contributed by atoms with Crippen molar-refractivity contribution in [2.75, 3.05) is 12.4 Å². The van der Waals surface area contributed by atoms with Gasteiger partial charge in [-0.05, 0) is 25.0 Å². The second kappa shape index (κ2) is 11.7. The van der Waals surface area contributed by atoms with Gasteiger partial charge in [-0.3, -0.25) is 24.1 Å². The van der Waals surface area contributed by atoms with Gasteiger partial charge in [0.15, 0.2) is 0 Å². The summed E-state index contributed by atoms with van der Waals surface area (Å²) >= 11 is 1.24. The van der Waals surface area contributed by atoms with E-state index in [1.54, 1.807) is 30.3 Å². The number of nitrogens with zero attached hydrogens (tertiary/aromatic N) is 1. The zero-order chi connectivity index (χ0) is 26.4. The SMILES string of the molecule is CC(=O)OCC1=C(C(=O)O)N2C(=O)C(NC(=O)CCCC(NC(=O)c3ccccc3)C(=O)O)[C@@H]2SC1. The Hall–Kier alpha value is -3.87. The van der Waals surface area contributed by atoms with Gasteiger partial charge >= 0.3 is 17.9 Å². The largest absolute Gasteiger partial charge is 0.480 e. The molecule has 3 rings (SSSR count). The molecule has 1 saturated heterocycles. The van der Waals surface area contributed by atoms with Gasteiger partial charge in [0.2, 0.25) is 5.91 Å². The number of carboxylic acid groups (broad SMARTS) is 2. The molecule has 0 saturated carbocycles. The van der Waals surface area contributed by atoms with E-state index >= 15 is 0 Å². The lowest BCUT2D eigenvalue weighted by atomic mass is 10.0. The van der Waals surface area contributed by atoms with E-state index in [4.69, 9.17) is 4.74 Å². The number of amides is 3. The number of hydrogen-bond donors (Lipinski definition) is 4. The van der Waals surface area contributed by atoms with Crippen molar-refractivity contribution in [1.29, 1.82) is 0 Å². The number of nitrogens with one attached hydrogen (secondary N) is 2. The predicted octanol–water partition coefficient (Wildman–Crippen LogP) is 0.342. The van der Waals surface area contributed by atoms with Crippen LogP contribution in [0.25, 0.3) is 0 Å². The van der Waals surface area contributed by atoms with Gasteiger partial charge < -0.3 is 25.6 Å². The third-order valence-corrected chi connectivity index (χ3v) is 6.89. The fourth-order valence-electron chi connectivity index (χ4n) is 3.78. The monoisotopic (exact) mass is 519 g/mol. The van der Waals surface area contributed by atoms with Gasteiger partial charge in [0.25, 0.3) is 11.8 Å². The first-order chi connectivity index (χ1) is 17.1. The first-order valence-corrected chi connectivity index (χ1v) is 12.1. The Morgan fingerprint density at radius 3 is 2.47 bits per heavy atom. The Kier molecular flexibility index (Phi) is 8.69. The summed E-state index contributed by atoms with van der Waals surface area (Å²) in [5.41, 5.74) is 0.341. The Morgan fingerprint density at radius 1 is 1.17 bits per heavy atom. The summed E-state index contributed by atoms with van der Waals surface area (Å²) in [5.74, 6) is -4.59. The van der Waals surface area contributed by atoms with Crippen LogP contribution in [0.4, 0.5) is 0 Å². The van der Waals surface area contributed by atoms with Gasteiger partial charge in [-0.15, -0.1) is 11.8 Å². The number of hydrogen-bond acceptors (Lipinski definition) is 8. The lowest BCUT2D eigenvalue weighted by Crippen LogP contribution is -2.70. The average Bonchev–Trinajstić information content (AvgIpc) is 2.84. The summed E-state index contributed by atoms with van der Waals surface area (Å²) in [5, 5.41) is 23.3. The molecule has 0 aromatic heterocycles. The quantitative estimate of drug-likeness (QED) is 0.235. The van der Waals surface area contributed by atoms with Crippen molar-refractivity contribution in [2.45, 2.75) is 43.6 Å². The van der Waals surface area contributed by atoms with Crippen LogP contribution < -0.4 is 10.6 Å². The molecule has 2 unspecified atom stereocenters. The minimum atomic E-state index is -1.34. The molecule has 2 aliphatic heterocycles. The minimum Gasteiger partial charge on any atom is -0.480 e. The fraction of sp³-hybridized carbons (Fsp3) is 0.391. The molecule has 13 heteroatoms. The number of aliphatic carboxylic acids is 2. The molecular weight excluding hydrogens is 494 g/mol. The fourth-order valence-corrected chi connectivity index (χ4v) is 5.11. The van der Waals surface area contributed by atoms with Crippen LogP contribution in [0.1, 0.15) is 36.5 Å². The molecule has 0 radical (unpaired) electrons. The highest BCUT2D eigenvalue weighted by molar-refractivity contribution is 8.00. The first kappa shape index (κ1) is 26.7. The number of carbonyl (C=O) groups is 6. The zero-order valence-electron chi connectivity index (χ0n) is 19.3. The van der Waals surface area contributed by atoms with Crippen LogP contribution in [-0.2, 0) is 28.7 Å². The minimum absolute atomic E-state index is 0.00431. The van der Waals surface area contributed by atoms with E-state index in [1.165, 1.54) is 18.7 Å². The molecule has 1 aromatic carbocycles. The number of carboxylic acids is 2. The van der Waals surface area contributed by atoms with Gasteiger partial charge in [0, 0.05) is 30.2 Å². The summed E-state index contributed by atoms with van der Waals surface area (Å²) in [4.78, 5) is 72.6. The molecular formula is C23H25N3O9S. The van der Waals surface area contributed by atoms with E-state index < -0.39 is 53.1 Å². The summed E-state index contributed by atoms with van der Waals surface area (Å²) in [6.45, 7) is 0.944. The van der Waals surface area contributed by atoms with E-state index in [0.717, 1.165) is 4.90 Å². The molecule has 3 atom stereocenters. The van der Waals surface area contributed by atoms with Crippen molar-refractivity contribution >= 4 is 47.4 Å². The van der Waals surface area contributed by atoms with Gasteiger partial charge in [-0.1, -0.05) is 18.2 Å². The van der Waals surface area contributed by atoms with E-state index in [-0.39, 0.29) is 42.9 Å². The molecule has 3 amide bonds. The van der Waals surface area contributed by atoms with E-state index in [0.29, 0.717) is 5.56 Å². The van der Waals surface area contributed by atoms with Crippen LogP contribution in [0.5, 0.6) is 0 Å². The van der Waals surface area contributed by atoms with Crippen LogP contribution in [0.3, 0.4) is 0 Å². The predicted molar refractivity (Wildman–Crippen MR) is 126 cm³/mol. The molecule has 0 aliphatic carbocycles. The van der Waals surface area contributed by atoms with Gasteiger partial charge in [0.1, 0.15) is 29.8 Å². The number of thioether (sulfide) groups is 1. The van der Waals surface area contributed by atoms with Crippen molar-refractivity contribution in [2.24, 2.45) is 0 Å². The zero-order valence-corrected chi connectivity index (χ0v) is 20.1. The standard InChI is InChI=1S/C23H25N3O9S/c1-12(27)35-10-14-11-36-21-17(20(30)26(21)18(14)23(33)34)25-16(28)9-5-8-15(22(31)32)24-19(29)13-6-3-2-4-7-13/h2-4,6-7,15,17,21H,5,8-11H2,1H3,(H,24,29)(H,25,28)(H,31,32)(H,33,34)/t15?,17?,21-/m0/s1. The van der Waals surface area contributed by atoms with Gasteiger partial charge in [-0.25, -0.2) is 9.59 Å². The van der Waals surface area contributed by atoms with Crippen molar-refractivity contribution in [3.63, 3.8) is 0 Å². The Bertz CT molecular complexity index is 1110. The molecule has 2 aliphatic rings. The lowest BCUT2D eigenvalue weighted by Gasteiger charge is -2.49. The highest BCUT2D eigenvalue weighted by Crippen LogP contribution is 2.40. The van der Waals surface area contributed by atoms with Crippen molar-refractivity contribution in [3.05, 3.63) is 47.2 Å². The third-order valence-electron chi connectivity index (χ3n) is 5.55. The third kappa shape index (κ3) is 6.22. The van der Waals surface area contributed by atoms with Crippen LogP contribution in [0.2, 0.25) is 0 Å². The number of rotatable bonds is 11. The molecule has 0 bridgehead atoms. The maximum absolute atomic E-state index is 12.6. The molecule has 4 N–H and O–H groups in total. The second-order valence-corrected chi connectivity index (χ2v) is 9.22. The smallest absolute Gasteiger partial charge is 0.352 e. The van der Waals surface area contributed by atoms with Crippen molar-refractivity contribution in [1.82, 2.24) is 15.5 Å². The Balaban J connectivity index is 1.52. The molecule has 1 aromatic rings. The molecule has 36 heavy (non-hydrogen) atoms. The van der Waals surface area contributed by atoms with Crippen LogP contribution in [-0.4, -0.2) is 80.6 Å². The highest BCUT2D eigenvalue weighted by atomic mass is 32.2. The number of fused-ring (bicyclic) bond motifs is 1. The molecule has 1 fully saturated rings. The normalized spacial score (nSPS) is 19.5. The number of benzene rings is 1. The van der Waals surface area contributed by atoms with Crippen molar-refractivity contribution < 1.29 is 43.7 Å². The summed E-state index contributed by atoms with van der Waals surface area (Å²) in [7, 11) is 0. The summed E-state index contributed by atoms with van der Waals surface area (Å²) in [6, 6.07) is 6.00. The van der Waals surface area contributed by atoms with Crippen molar-refractivity contribution in [3.8, 4) is 0 Å². The molecule has 12 nitrogen and oxygen atoms in total. The number of carbonyl (C=O) groups excluding carboxylic acids is 4. The van der Waals surface area contributed by atoms with Crippen LogP contribution in [0.15, 0.2) is 41.6 Å². The number of β-lactam (4-membered cyclic amide) rings is 1. The van der Waals surface area contributed by atoms with E-state index in [9.17, 15) is 39.0 Å². The summed E-state index contributed by atoms with van der Waals surface area (Å²) < 4.78 is 4.88. The summed E-state index contributed by atoms with van der Waals surface area (Å²) in [6.07, 6.45) is 0.0360. The van der Waals surface area contributed by atoms with E-state index in [1.807, 2.05) is 0 Å². The van der Waals surface area contributed by atoms with E-state index in [2.05, 4.69) is 10.6 Å². The number of ether oxygens (including phenoxy) is 1. The Morgan fingerprint density at radius 2 is 1.86 bits per heavy atom. The number of esters is 1. The van der Waals surface area contributed by atoms with Crippen LogP contribution >= 0.6 is 11.8 Å². The molecule has 0 spiro atoms.